The molecule has 1 aliphatic heterocycles. The van der Waals surface area contributed by atoms with Crippen molar-refractivity contribution >= 4 is 11.5 Å². The highest BCUT2D eigenvalue weighted by molar-refractivity contribution is 5.94. The van der Waals surface area contributed by atoms with E-state index in [1.54, 1.807) is 7.05 Å². The van der Waals surface area contributed by atoms with Crippen LogP contribution in [0.15, 0.2) is 60.1 Å². The number of hydrogen-bond acceptors (Lipinski definition) is 2. The van der Waals surface area contributed by atoms with Crippen LogP contribution in [0.3, 0.4) is 0 Å². The van der Waals surface area contributed by atoms with Crippen molar-refractivity contribution in [3.63, 3.8) is 0 Å². The highest BCUT2D eigenvalue weighted by Gasteiger charge is 2.16. The topological polar surface area (TPSA) is 32.3 Å². The Hall–Kier alpha value is -2.55. The molecule has 1 amide bonds. The predicted molar refractivity (Wildman–Crippen MR) is 115 cm³/mol. The lowest BCUT2D eigenvalue weighted by molar-refractivity contribution is 0.0963. The van der Waals surface area contributed by atoms with Crippen molar-refractivity contribution in [3.8, 4) is 0 Å². The summed E-state index contributed by atoms with van der Waals surface area (Å²) in [7, 11) is 1.67. The van der Waals surface area contributed by atoms with E-state index in [-0.39, 0.29) is 5.91 Å². The summed E-state index contributed by atoms with van der Waals surface area (Å²) >= 11 is 0. The molecular weight excluding hydrogens is 332 g/mol. The van der Waals surface area contributed by atoms with Crippen molar-refractivity contribution in [2.75, 3.05) is 7.05 Å². The van der Waals surface area contributed by atoms with E-state index in [1.807, 2.05) is 12.1 Å². The third-order valence-electron chi connectivity index (χ3n) is 5.08. The Morgan fingerprint density at radius 3 is 2.56 bits per heavy atom. The molecule has 3 heteroatoms. The zero-order chi connectivity index (χ0) is 20.1. The summed E-state index contributed by atoms with van der Waals surface area (Å²) in [5.41, 5.74) is 7.67. The second-order valence-electron chi connectivity index (χ2n) is 7.66. The molecule has 0 atom stereocenters. The Bertz CT molecular complexity index is 825. The van der Waals surface area contributed by atoms with E-state index in [0.717, 1.165) is 24.2 Å². The fourth-order valence-corrected chi connectivity index (χ4v) is 3.27. The first-order valence-corrected chi connectivity index (χ1v) is 9.62. The maximum absolute atomic E-state index is 12.1. The van der Waals surface area contributed by atoms with Gasteiger partial charge in [-0.25, -0.2) is 0 Å². The molecule has 0 saturated carbocycles. The standard InChI is InChI=1S/C24H32N2O/c1-16(2)8-9-21-15-22(24(27)25-7)10-11-23(21)19(5)20(6)26-13-12-17(3)14-18(26)4/h10-16H,4,8-9H2,1-3,5-7H3,(H,25,27)/b20-19+. The lowest BCUT2D eigenvalue weighted by atomic mass is 9.92. The largest absolute Gasteiger partial charge is 0.355 e. The Morgan fingerprint density at radius 2 is 1.96 bits per heavy atom. The van der Waals surface area contributed by atoms with Gasteiger partial charge in [-0.3, -0.25) is 4.79 Å². The molecule has 0 aromatic heterocycles. The minimum atomic E-state index is -0.0429. The van der Waals surface area contributed by atoms with Crippen LogP contribution in [0, 0.1) is 5.92 Å². The van der Waals surface area contributed by atoms with E-state index in [1.165, 1.54) is 22.3 Å². The van der Waals surface area contributed by atoms with Gasteiger partial charge in [-0.15, -0.1) is 0 Å². The van der Waals surface area contributed by atoms with Gasteiger partial charge in [0.2, 0.25) is 0 Å². The summed E-state index contributed by atoms with van der Waals surface area (Å²) in [6, 6.07) is 6.03. The highest BCUT2D eigenvalue weighted by atomic mass is 16.1. The molecular formula is C24H32N2O. The predicted octanol–water partition coefficient (Wildman–Crippen LogP) is 5.68. The smallest absolute Gasteiger partial charge is 0.251 e. The van der Waals surface area contributed by atoms with E-state index < -0.39 is 0 Å². The Labute approximate surface area is 164 Å². The van der Waals surface area contributed by atoms with Crippen LogP contribution < -0.4 is 5.32 Å². The van der Waals surface area contributed by atoms with Gasteiger partial charge in [0.15, 0.2) is 0 Å². The molecule has 0 bridgehead atoms. The van der Waals surface area contributed by atoms with E-state index in [9.17, 15) is 4.79 Å². The average Bonchev–Trinajstić information content (AvgIpc) is 2.64. The number of rotatable bonds is 6. The van der Waals surface area contributed by atoms with Gasteiger partial charge in [0.25, 0.3) is 5.91 Å². The van der Waals surface area contributed by atoms with Crippen LogP contribution in [0.4, 0.5) is 0 Å². The molecule has 0 aliphatic carbocycles. The van der Waals surface area contributed by atoms with Crippen molar-refractivity contribution < 1.29 is 4.79 Å². The van der Waals surface area contributed by atoms with E-state index in [4.69, 9.17) is 0 Å². The van der Waals surface area contributed by atoms with Gasteiger partial charge < -0.3 is 10.2 Å². The molecule has 0 unspecified atom stereocenters. The summed E-state index contributed by atoms with van der Waals surface area (Å²) in [6.07, 6.45) is 8.31. The summed E-state index contributed by atoms with van der Waals surface area (Å²) in [6.45, 7) is 15.0. The Kier molecular flexibility index (Phi) is 6.84. The molecule has 3 nitrogen and oxygen atoms in total. The molecule has 1 aromatic carbocycles. The monoisotopic (exact) mass is 364 g/mol. The number of carbonyl (C=O) groups is 1. The van der Waals surface area contributed by atoms with Crippen LogP contribution in [0.1, 0.15) is 62.5 Å². The van der Waals surface area contributed by atoms with Crippen LogP contribution >= 0.6 is 0 Å². The Morgan fingerprint density at radius 1 is 1.26 bits per heavy atom. The molecule has 0 saturated heterocycles. The first-order chi connectivity index (χ1) is 12.7. The van der Waals surface area contributed by atoms with Crippen LogP contribution in [-0.4, -0.2) is 17.9 Å². The summed E-state index contributed by atoms with van der Waals surface area (Å²) in [5.74, 6) is 0.573. The number of amides is 1. The number of hydrogen-bond donors (Lipinski definition) is 1. The molecule has 1 aromatic rings. The normalized spacial score (nSPS) is 15.0. The van der Waals surface area contributed by atoms with Crippen LogP contribution in [0.2, 0.25) is 0 Å². The first kappa shape index (κ1) is 20.8. The van der Waals surface area contributed by atoms with Crippen molar-refractivity contribution in [1.82, 2.24) is 10.2 Å². The highest BCUT2D eigenvalue weighted by Crippen LogP contribution is 2.30. The zero-order valence-electron chi connectivity index (χ0n) is 17.5. The first-order valence-electron chi connectivity index (χ1n) is 9.62. The van der Waals surface area contributed by atoms with Gasteiger partial charge in [0.1, 0.15) is 0 Å². The van der Waals surface area contributed by atoms with Crippen LogP contribution in [0.5, 0.6) is 0 Å². The van der Waals surface area contributed by atoms with E-state index in [0.29, 0.717) is 11.5 Å². The number of benzene rings is 1. The van der Waals surface area contributed by atoms with Gasteiger partial charge in [-0.05, 0) is 86.1 Å². The number of nitrogens with zero attached hydrogens (tertiary/aromatic N) is 1. The van der Waals surface area contributed by atoms with Gasteiger partial charge in [-0.2, -0.15) is 0 Å². The lowest BCUT2D eigenvalue weighted by Crippen LogP contribution is -2.18. The van der Waals surface area contributed by atoms with Crippen LogP contribution in [-0.2, 0) is 6.42 Å². The molecule has 144 valence electrons. The third kappa shape index (κ3) is 5.00. The maximum atomic E-state index is 12.1. The zero-order valence-corrected chi connectivity index (χ0v) is 17.5. The molecule has 27 heavy (non-hydrogen) atoms. The fraction of sp³-hybridized carbons (Fsp3) is 0.375. The average molecular weight is 365 g/mol. The number of nitrogens with one attached hydrogen (secondary N) is 1. The molecule has 1 heterocycles. The molecule has 0 radical (unpaired) electrons. The second-order valence-corrected chi connectivity index (χ2v) is 7.66. The minimum Gasteiger partial charge on any atom is -0.355 e. The maximum Gasteiger partial charge on any atom is 0.251 e. The number of carbonyl (C=O) groups excluding carboxylic acids is 1. The number of allylic oxidation sites excluding steroid dienone is 5. The molecule has 1 aliphatic rings. The quantitative estimate of drug-likeness (QED) is 0.705. The van der Waals surface area contributed by atoms with Crippen LogP contribution in [0.25, 0.3) is 5.57 Å². The lowest BCUT2D eigenvalue weighted by Gasteiger charge is -2.27. The van der Waals surface area contributed by atoms with Crippen molar-refractivity contribution in [2.24, 2.45) is 5.92 Å². The summed E-state index contributed by atoms with van der Waals surface area (Å²) < 4.78 is 0. The van der Waals surface area contributed by atoms with Crippen molar-refractivity contribution in [3.05, 3.63) is 76.8 Å². The molecule has 0 spiro atoms. The van der Waals surface area contributed by atoms with E-state index >= 15 is 0 Å². The molecule has 0 fully saturated rings. The summed E-state index contributed by atoms with van der Waals surface area (Å²) in [4.78, 5) is 14.2. The third-order valence-corrected chi connectivity index (χ3v) is 5.08. The Balaban J connectivity index is 2.46. The summed E-state index contributed by atoms with van der Waals surface area (Å²) in [5, 5.41) is 2.72. The van der Waals surface area contributed by atoms with Gasteiger partial charge >= 0.3 is 0 Å². The van der Waals surface area contributed by atoms with Gasteiger partial charge in [-0.1, -0.05) is 26.5 Å². The second kappa shape index (κ2) is 8.90. The van der Waals surface area contributed by atoms with Gasteiger partial charge in [0, 0.05) is 30.2 Å². The van der Waals surface area contributed by atoms with Crippen molar-refractivity contribution in [2.45, 2.75) is 47.5 Å². The molecule has 1 N–H and O–H groups in total. The van der Waals surface area contributed by atoms with Gasteiger partial charge in [0.05, 0.1) is 0 Å². The van der Waals surface area contributed by atoms with E-state index in [2.05, 4.69) is 75.8 Å². The SMILES string of the molecule is C=C1C=C(C)C=CN1/C(C)=C(\C)c1ccc(C(=O)NC)cc1CCC(C)C. The fourth-order valence-electron chi connectivity index (χ4n) is 3.27. The minimum absolute atomic E-state index is 0.0429. The van der Waals surface area contributed by atoms with Crippen molar-refractivity contribution in [1.29, 1.82) is 0 Å². The number of aryl methyl sites for hydroxylation is 1. The molecule has 2 rings (SSSR count).